The lowest BCUT2D eigenvalue weighted by Gasteiger charge is -2.15. The first kappa shape index (κ1) is 19.7. The Morgan fingerprint density at radius 3 is 2.68 bits per heavy atom. The Hall–Kier alpha value is -1.59. The van der Waals surface area contributed by atoms with Crippen LogP contribution in [0.4, 0.5) is 5.82 Å². The second-order valence-corrected chi connectivity index (χ2v) is 6.12. The number of nitrogen functional groups attached to an aromatic ring is 1. The summed E-state index contributed by atoms with van der Waals surface area (Å²) in [6.45, 7) is 4.19. The molecule has 9 nitrogen and oxygen atoms in total. The molecule has 1 aliphatic rings. The minimum Gasteiger partial charge on any atom is -1.00 e. The lowest BCUT2D eigenvalue weighted by Crippen LogP contribution is -3.00. The van der Waals surface area contributed by atoms with Crippen LogP contribution in [-0.2, 0) is 11.3 Å². The van der Waals surface area contributed by atoms with Crippen LogP contribution in [-0.4, -0.2) is 54.8 Å². The first-order valence-corrected chi connectivity index (χ1v) is 7.70. The van der Waals surface area contributed by atoms with E-state index >= 15 is 0 Å². The van der Waals surface area contributed by atoms with Crippen molar-refractivity contribution in [1.29, 1.82) is 0 Å². The maximum absolute atomic E-state index is 10.2. The number of hydrogen-bond donors (Lipinski definition) is 4. The van der Waals surface area contributed by atoms with Gasteiger partial charge in [0.1, 0.15) is 24.6 Å². The fourth-order valence-corrected chi connectivity index (χ4v) is 2.71. The Balaban J connectivity index is 0.00000225. The second-order valence-electron chi connectivity index (χ2n) is 6.12. The maximum atomic E-state index is 10.2. The number of nitrogens with two attached hydrogens (primary N) is 1. The highest BCUT2D eigenvalue weighted by atomic mass is 79.9. The molecule has 0 bridgehead atoms. The van der Waals surface area contributed by atoms with E-state index in [0.29, 0.717) is 23.5 Å². The van der Waals surface area contributed by atoms with Gasteiger partial charge in [0, 0.05) is 0 Å². The Labute approximate surface area is 155 Å². The smallest absolute Gasteiger partial charge is 0.251 e. The zero-order valence-corrected chi connectivity index (χ0v) is 15.5. The molecule has 2 aromatic heterocycles. The molecule has 0 aromatic carbocycles. The van der Waals surface area contributed by atoms with Crippen LogP contribution in [0.1, 0.15) is 20.1 Å². The molecule has 25 heavy (non-hydrogen) atoms. The number of fused-ring (bicyclic) bond motifs is 1. The summed E-state index contributed by atoms with van der Waals surface area (Å²) in [4.78, 5) is 8.61. The molecule has 2 aromatic rings. The van der Waals surface area contributed by atoms with E-state index in [1.807, 2.05) is 19.9 Å². The average molecular weight is 416 g/mol. The fourth-order valence-electron chi connectivity index (χ4n) is 2.71. The van der Waals surface area contributed by atoms with Crippen molar-refractivity contribution in [3.8, 4) is 0 Å². The molecule has 138 valence electrons. The Bertz CT molecular complexity index is 777. The normalized spacial score (nSPS) is 25.8. The third-order valence-corrected chi connectivity index (χ3v) is 4.13. The number of aromatic nitrogens is 4. The number of ether oxygens (including phenoxy) is 1. The summed E-state index contributed by atoms with van der Waals surface area (Å²) >= 11 is 0. The number of hydrogen-bond acceptors (Lipinski definition) is 7. The van der Waals surface area contributed by atoms with Crippen LogP contribution in [0, 0.1) is 0 Å². The highest BCUT2D eigenvalue weighted by Gasteiger charge is 2.44. The number of rotatable bonds is 4. The van der Waals surface area contributed by atoms with Gasteiger partial charge in [-0.25, -0.2) is 9.55 Å². The summed E-state index contributed by atoms with van der Waals surface area (Å²) in [6.07, 6.45) is 0.957. The molecule has 1 aliphatic heterocycles. The van der Waals surface area contributed by atoms with Crippen LogP contribution in [0.25, 0.3) is 11.2 Å². The van der Waals surface area contributed by atoms with Gasteiger partial charge in [0.15, 0.2) is 11.7 Å². The van der Waals surface area contributed by atoms with Gasteiger partial charge < -0.3 is 42.8 Å². The van der Waals surface area contributed by atoms with Crippen molar-refractivity contribution >= 4 is 17.0 Å². The van der Waals surface area contributed by atoms with E-state index in [2.05, 4.69) is 9.97 Å². The van der Waals surface area contributed by atoms with E-state index in [4.69, 9.17) is 10.5 Å². The predicted molar refractivity (Wildman–Crippen MR) is 84.6 cm³/mol. The molecule has 0 aliphatic carbocycles. The van der Waals surface area contributed by atoms with Crippen molar-refractivity contribution in [1.82, 2.24) is 14.5 Å². The molecule has 3 heterocycles. The van der Waals surface area contributed by atoms with E-state index in [-0.39, 0.29) is 23.6 Å². The van der Waals surface area contributed by atoms with Crippen LogP contribution in [0.5, 0.6) is 0 Å². The number of anilines is 1. The standard InChI is InChI=1S/C15H21N5O4.BrH/c1-8(2)3-4-19-6-18-14-10(13(19)16)17-7-20(14)15-12(23)11(22)9(5-21)24-15;/h3,6-7,9,11-12,15-16,21-23H,4-5H2,1-2H3;1H/t9-,11-,12+,15-;/m1./s1. The van der Waals surface area contributed by atoms with E-state index in [1.165, 1.54) is 16.5 Å². The molecule has 0 unspecified atom stereocenters. The molecule has 0 spiro atoms. The first-order chi connectivity index (χ1) is 11.4. The van der Waals surface area contributed by atoms with Gasteiger partial charge in [0.2, 0.25) is 12.0 Å². The molecule has 1 saturated heterocycles. The SMILES string of the molecule is CC(C)=CC[n+]1cnc2c(ncn2[C@@H]2O[C@H](CO)[C@@H](O)[C@@H]2O)c1N.[Br-]. The number of aliphatic hydroxyl groups excluding tert-OH is 3. The molecule has 0 saturated carbocycles. The summed E-state index contributed by atoms with van der Waals surface area (Å²) in [7, 11) is 0. The maximum Gasteiger partial charge on any atom is 0.251 e. The molecular formula is C15H22BrN5O4. The monoisotopic (exact) mass is 415 g/mol. The number of halogens is 1. The molecule has 0 amide bonds. The van der Waals surface area contributed by atoms with Crippen molar-refractivity contribution in [2.75, 3.05) is 12.3 Å². The Morgan fingerprint density at radius 1 is 1.36 bits per heavy atom. The number of aliphatic hydroxyl groups is 3. The molecule has 4 atom stereocenters. The van der Waals surface area contributed by atoms with Crippen LogP contribution in [0.15, 0.2) is 24.3 Å². The minimum atomic E-state index is -1.19. The molecular weight excluding hydrogens is 394 g/mol. The van der Waals surface area contributed by atoms with Gasteiger partial charge in [-0.05, 0) is 13.8 Å². The second kappa shape index (κ2) is 7.75. The first-order valence-electron chi connectivity index (χ1n) is 7.70. The van der Waals surface area contributed by atoms with E-state index in [0.717, 1.165) is 0 Å². The van der Waals surface area contributed by atoms with Crippen molar-refractivity contribution in [2.24, 2.45) is 0 Å². The minimum absolute atomic E-state index is 0. The summed E-state index contributed by atoms with van der Waals surface area (Å²) < 4.78 is 8.79. The number of nitrogens with zero attached hydrogens (tertiary/aromatic N) is 4. The summed E-state index contributed by atoms with van der Waals surface area (Å²) in [5.41, 5.74) is 8.25. The van der Waals surface area contributed by atoms with Crippen LogP contribution in [0.3, 0.4) is 0 Å². The van der Waals surface area contributed by atoms with Gasteiger partial charge in [-0.2, -0.15) is 0 Å². The van der Waals surface area contributed by atoms with Crippen molar-refractivity contribution in [3.05, 3.63) is 24.3 Å². The van der Waals surface area contributed by atoms with Crippen LogP contribution >= 0.6 is 0 Å². The summed E-state index contributed by atoms with van der Waals surface area (Å²) in [6, 6.07) is 0. The van der Waals surface area contributed by atoms with Gasteiger partial charge in [0.25, 0.3) is 5.82 Å². The van der Waals surface area contributed by atoms with E-state index in [9.17, 15) is 15.3 Å². The van der Waals surface area contributed by atoms with E-state index in [1.54, 1.807) is 10.9 Å². The molecule has 10 heteroatoms. The van der Waals surface area contributed by atoms with Gasteiger partial charge in [-0.1, -0.05) is 16.6 Å². The zero-order valence-electron chi connectivity index (χ0n) is 13.9. The predicted octanol–water partition coefficient (Wildman–Crippen LogP) is -4.12. The molecule has 1 fully saturated rings. The lowest BCUT2D eigenvalue weighted by atomic mass is 10.1. The van der Waals surface area contributed by atoms with Crippen molar-refractivity contribution < 1.29 is 41.6 Å². The lowest BCUT2D eigenvalue weighted by molar-refractivity contribution is -0.674. The third kappa shape index (κ3) is 3.53. The van der Waals surface area contributed by atoms with Gasteiger partial charge >= 0.3 is 0 Å². The van der Waals surface area contributed by atoms with Gasteiger partial charge in [-0.15, -0.1) is 0 Å². The highest BCUT2D eigenvalue weighted by molar-refractivity contribution is 5.79. The van der Waals surface area contributed by atoms with Crippen molar-refractivity contribution in [3.63, 3.8) is 0 Å². The summed E-state index contributed by atoms with van der Waals surface area (Å²) in [5.74, 6) is 0.447. The average Bonchev–Trinajstić information content (AvgIpc) is 3.09. The topological polar surface area (TPSA) is 131 Å². The molecule has 3 rings (SSSR count). The summed E-state index contributed by atoms with van der Waals surface area (Å²) in [5, 5.41) is 29.2. The Kier molecular flexibility index (Phi) is 6.12. The Morgan fingerprint density at radius 2 is 2.08 bits per heavy atom. The van der Waals surface area contributed by atoms with Crippen molar-refractivity contribution in [2.45, 2.75) is 44.9 Å². The van der Waals surface area contributed by atoms with Crippen LogP contribution < -0.4 is 27.3 Å². The number of allylic oxidation sites excluding steroid dienone is 2. The third-order valence-electron chi connectivity index (χ3n) is 4.13. The van der Waals surface area contributed by atoms with Gasteiger partial charge in [0.05, 0.1) is 13.2 Å². The van der Waals surface area contributed by atoms with Crippen LogP contribution in [0.2, 0.25) is 0 Å². The number of imidazole rings is 1. The fraction of sp³-hybridized carbons (Fsp3) is 0.533. The largest absolute Gasteiger partial charge is 1.00 e. The van der Waals surface area contributed by atoms with E-state index < -0.39 is 24.5 Å². The quantitative estimate of drug-likeness (QED) is 0.294. The van der Waals surface area contributed by atoms with Gasteiger partial charge in [-0.3, -0.25) is 4.57 Å². The molecule has 0 radical (unpaired) electrons. The highest BCUT2D eigenvalue weighted by Crippen LogP contribution is 2.31. The molecule has 5 N–H and O–H groups in total. The zero-order chi connectivity index (χ0) is 17.4.